The molecule has 0 saturated carbocycles. The molecule has 0 aliphatic rings. The second-order valence-electron chi connectivity index (χ2n) is 5.34. The molecule has 0 bridgehead atoms. The van der Waals surface area contributed by atoms with Crippen molar-refractivity contribution in [1.29, 1.82) is 0 Å². The van der Waals surface area contributed by atoms with E-state index in [0.717, 1.165) is 44.1 Å². The van der Waals surface area contributed by atoms with Crippen molar-refractivity contribution < 1.29 is 9.47 Å². The van der Waals surface area contributed by atoms with Crippen LogP contribution in [-0.4, -0.2) is 44.8 Å². The van der Waals surface area contributed by atoms with E-state index < -0.39 is 0 Å². The lowest BCUT2D eigenvalue weighted by molar-refractivity contribution is 0.188. The van der Waals surface area contributed by atoms with Gasteiger partial charge in [-0.25, -0.2) is 0 Å². The number of nitrogens with two attached hydrogens (primary N) is 1. The van der Waals surface area contributed by atoms with Gasteiger partial charge in [0.1, 0.15) is 6.61 Å². The van der Waals surface area contributed by atoms with Gasteiger partial charge in [-0.05, 0) is 37.6 Å². The van der Waals surface area contributed by atoms with Crippen LogP contribution in [0.5, 0.6) is 11.5 Å². The topological polar surface area (TPSA) is 47.7 Å². The van der Waals surface area contributed by atoms with Gasteiger partial charge in [-0.3, -0.25) is 4.90 Å². The van der Waals surface area contributed by atoms with E-state index in [-0.39, 0.29) is 0 Å². The number of rotatable bonds is 10. The van der Waals surface area contributed by atoms with Gasteiger partial charge in [0.25, 0.3) is 0 Å². The Bertz CT molecular complexity index is 369. The van der Waals surface area contributed by atoms with E-state index in [1.165, 1.54) is 0 Å². The molecule has 0 aliphatic carbocycles. The molecule has 4 heteroatoms. The van der Waals surface area contributed by atoms with Gasteiger partial charge in [-0.1, -0.05) is 26.0 Å². The second kappa shape index (κ2) is 9.61. The Hall–Kier alpha value is -1.26. The van der Waals surface area contributed by atoms with E-state index in [1.807, 2.05) is 24.3 Å². The molecule has 1 rings (SSSR count). The lowest BCUT2D eigenvalue weighted by Crippen LogP contribution is -2.33. The molecule has 0 aliphatic heterocycles. The molecular weight excluding hydrogens is 252 g/mol. The number of nitrogens with zero attached hydrogens (tertiary/aromatic N) is 1. The minimum Gasteiger partial charge on any atom is -0.493 e. The standard InChI is InChI=1S/C16H28N2O2/c1-14(2)13-18(10-6-9-17)11-12-20-16-8-5-4-7-15(16)19-3/h4-5,7-8,14H,6,9-13,17H2,1-3H3. The fourth-order valence-electron chi connectivity index (χ4n) is 2.15. The van der Waals surface area contributed by atoms with Crippen LogP contribution in [-0.2, 0) is 0 Å². The van der Waals surface area contributed by atoms with Crippen molar-refractivity contribution in [1.82, 2.24) is 4.90 Å². The van der Waals surface area contributed by atoms with Crippen LogP contribution in [0.4, 0.5) is 0 Å². The van der Waals surface area contributed by atoms with Crippen molar-refractivity contribution in [3.63, 3.8) is 0 Å². The molecule has 2 N–H and O–H groups in total. The Labute approximate surface area is 122 Å². The van der Waals surface area contributed by atoms with Crippen LogP contribution in [0.3, 0.4) is 0 Å². The second-order valence-corrected chi connectivity index (χ2v) is 5.34. The molecule has 0 unspecified atom stereocenters. The van der Waals surface area contributed by atoms with Crippen molar-refractivity contribution in [2.45, 2.75) is 20.3 Å². The molecule has 0 fully saturated rings. The zero-order valence-corrected chi connectivity index (χ0v) is 13.0. The van der Waals surface area contributed by atoms with Crippen LogP contribution in [0.25, 0.3) is 0 Å². The van der Waals surface area contributed by atoms with Crippen molar-refractivity contribution in [3.8, 4) is 11.5 Å². The minimum absolute atomic E-state index is 0.652. The minimum atomic E-state index is 0.652. The fraction of sp³-hybridized carbons (Fsp3) is 0.625. The van der Waals surface area contributed by atoms with E-state index in [9.17, 15) is 0 Å². The first kappa shape index (κ1) is 16.8. The number of hydrogen-bond acceptors (Lipinski definition) is 4. The Kier molecular flexibility index (Phi) is 8.07. The quantitative estimate of drug-likeness (QED) is 0.715. The van der Waals surface area contributed by atoms with Crippen molar-refractivity contribution >= 4 is 0 Å². The fourth-order valence-corrected chi connectivity index (χ4v) is 2.15. The first-order chi connectivity index (χ1) is 9.67. The average molecular weight is 280 g/mol. The maximum Gasteiger partial charge on any atom is 0.161 e. The Morgan fingerprint density at radius 2 is 1.85 bits per heavy atom. The zero-order chi connectivity index (χ0) is 14.8. The van der Waals surface area contributed by atoms with Gasteiger partial charge in [0.2, 0.25) is 0 Å². The van der Waals surface area contributed by atoms with E-state index >= 15 is 0 Å². The predicted octanol–water partition coefficient (Wildman–Crippen LogP) is 2.38. The normalized spacial score (nSPS) is 11.1. The number of benzene rings is 1. The highest BCUT2D eigenvalue weighted by Crippen LogP contribution is 2.25. The molecule has 4 nitrogen and oxygen atoms in total. The van der Waals surface area contributed by atoms with Crippen LogP contribution in [0, 0.1) is 5.92 Å². The van der Waals surface area contributed by atoms with Gasteiger partial charge >= 0.3 is 0 Å². The summed E-state index contributed by atoms with van der Waals surface area (Å²) in [5, 5.41) is 0. The van der Waals surface area contributed by atoms with Crippen LogP contribution in [0.1, 0.15) is 20.3 Å². The first-order valence-electron chi connectivity index (χ1n) is 7.35. The SMILES string of the molecule is COc1ccccc1OCCN(CCCN)CC(C)C. The molecule has 0 radical (unpaired) electrons. The molecule has 20 heavy (non-hydrogen) atoms. The Morgan fingerprint density at radius 1 is 1.15 bits per heavy atom. The van der Waals surface area contributed by atoms with Gasteiger partial charge in [-0.2, -0.15) is 0 Å². The molecular formula is C16H28N2O2. The highest BCUT2D eigenvalue weighted by Gasteiger charge is 2.08. The monoisotopic (exact) mass is 280 g/mol. The molecule has 0 atom stereocenters. The summed E-state index contributed by atoms with van der Waals surface area (Å²) in [5.41, 5.74) is 5.59. The van der Waals surface area contributed by atoms with Gasteiger partial charge in [0.15, 0.2) is 11.5 Å². The van der Waals surface area contributed by atoms with E-state index in [4.69, 9.17) is 15.2 Å². The molecule has 1 aromatic carbocycles. The summed E-state index contributed by atoms with van der Waals surface area (Å²) in [4.78, 5) is 2.41. The van der Waals surface area contributed by atoms with E-state index in [1.54, 1.807) is 7.11 Å². The molecule has 0 aromatic heterocycles. The van der Waals surface area contributed by atoms with Crippen LogP contribution in [0.2, 0.25) is 0 Å². The van der Waals surface area contributed by atoms with Crippen molar-refractivity contribution in [2.75, 3.05) is 39.9 Å². The molecule has 0 saturated heterocycles. The number of methoxy groups -OCH3 is 1. The van der Waals surface area contributed by atoms with Gasteiger partial charge in [0, 0.05) is 13.1 Å². The van der Waals surface area contributed by atoms with E-state index in [2.05, 4.69) is 18.7 Å². The molecule has 114 valence electrons. The molecule has 0 heterocycles. The lowest BCUT2D eigenvalue weighted by atomic mass is 10.2. The van der Waals surface area contributed by atoms with Crippen molar-refractivity contribution in [2.24, 2.45) is 11.7 Å². The maximum absolute atomic E-state index is 5.82. The summed E-state index contributed by atoms with van der Waals surface area (Å²) in [6.07, 6.45) is 1.03. The summed E-state index contributed by atoms with van der Waals surface area (Å²) in [5.74, 6) is 2.24. The molecule has 0 spiro atoms. The third-order valence-corrected chi connectivity index (χ3v) is 3.04. The van der Waals surface area contributed by atoms with Gasteiger partial charge < -0.3 is 15.2 Å². The zero-order valence-electron chi connectivity index (χ0n) is 13.0. The van der Waals surface area contributed by atoms with Gasteiger partial charge in [0.05, 0.1) is 7.11 Å². The maximum atomic E-state index is 5.82. The van der Waals surface area contributed by atoms with Crippen molar-refractivity contribution in [3.05, 3.63) is 24.3 Å². The van der Waals surface area contributed by atoms with Gasteiger partial charge in [-0.15, -0.1) is 0 Å². The Balaban J connectivity index is 2.42. The summed E-state index contributed by atoms with van der Waals surface area (Å²) in [7, 11) is 1.66. The highest BCUT2D eigenvalue weighted by atomic mass is 16.5. The van der Waals surface area contributed by atoms with Crippen LogP contribution >= 0.6 is 0 Å². The largest absolute Gasteiger partial charge is 0.493 e. The number of para-hydroxylation sites is 2. The predicted molar refractivity (Wildman–Crippen MR) is 83.4 cm³/mol. The number of ether oxygens (including phenoxy) is 2. The summed E-state index contributed by atoms with van der Waals surface area (Å²) < 4.78 is 11.1. The van der Waals surface area contributed by atoms with E-state index in [0.29, 0.717) is 12.5 Å². The lowest BCUT2D eigenvalue weighted by Gasteiger charge is -2.24. The average Bonchev–Trinajstić information content (AvgIpc) is 2.44. The number of hydrogen-bond donors (Lipinski definition) is 1. The summed E-state index contributed by atoms with van der Waals surface area (Å²) in [6, 6.07) is 7.75. The van der Waals surface area contributed by atoms with Crippen LogP contribution in [0.15, 0.2) is 24.3 Å². The summed E-state index contributed by atoms with van der Waals surface area (Å²) in [6.45, 7) is 8.89. The van der Waals surface area contributed by atoms with Crippen LogP contribution < -0.4 is 15.2 Å². The first-order valence-corrected chi connectivity index (χ1v) is 7.35. The summed E-state index contributed by atoms with van der Waals surface area (Å²) >= 11 is 0. The molecule has 1 aromatic rings. The third-order valence-electron chi connectivity index (χ3n) is 3.04. The smallest absolute Gasteiger partial charge is 0.161 e. The third kappa shape index (κ3) is 6.26. The highest BCUT2D eigenvalue weighted by molar-refractivity contribution is 5.39. The molecule has 0 amide bonds. The Morgan fingerprint density at radius 3 is 2.45 bits per heavy atom.